The molecule has 2 unspecified atom stereocenters. The van der Waals surface area contributed by atoms with Crippen LogP contribution >= 0.6 is 0 Å². The Kier molecular flexibility index (Phi) is 3.35. The summed E-state index contributed by atoms with van der Waals surface area (Å²) < 4.78 is 0. The number of hydrogen-bond acceptors (Lipinski definition) is 2. The average Bonchev–Trinajstić information content (AvgIpc) is 3.34. The smallest absolute Gasteiger partial charge is 0.248 e. The Morgan fingerprint density at radius 2 is 2.13 bits per heavy atom. The summed E-state index contributed by atoms with van der Waals surface area (Å²) in [5.41, 5.74) is 9.13. The van der Waals surface area contributed by atoms with Gasteiger partial charge in [0.05, 0.1) is 0 Å². The van der Waals surface area contributed by atoms with Crippen LogP contribution in [0.2, 0.25) is 0 Å². The third-order valence-corrected chi connectivity index (χ3v) is 7.16. The minimum absolute atomic E-state index is 0.170. The van der Waals surface area contributed by atoms with E-state index in [4.69, 9.17) is 5.73 Å². The summed E-state index contributed by atoms with van der Waals surface area (Å²) in [7, 11) is 0. The number of hydrogen-bond donors (Lipinski definition) is 1. The minimum atomic E-state index is -0.314. The molecule has 1 heterocycles. The zero-order valence-electron chi connectivity index (χ0n) is 14.5. The van der Waals surface area contributed by atoms with Gasteiger partial charge < -0.3 is 5.73 Å². The van der Waals surface area contributed by atoms with Crippen LogP contribution in [0.3, 0.4) is 0 Å². The van der Waals surface area contributed by atoms with Crippen molar-refractivity contribution in [2.75, 3.05) is 6.54 Å². The van der Waals surface area contributed by atoms with Crippen LogP contribution in [0.15, 0.2) is 18.2 Å². The molecule has 1 aromatic rings. The predicted molar refractivity (Wildman–Crippen MR) is 92.5 cm³/mol. The van der Waals surface area contributed by atoms with Gasteiger partial charge in [-0.1, -0.05) is 19.9 Å². The second-order valence-corrected chi connectivity index (χ2v) is 8.28. The van der Waals surface area contributed by atoms with Crippen LogP contribution in [-0.4, -0.2) is 29.4 Å². The fraction of sp³-hybridized carbons (Fsp3) is 0.650. The number of nitrogens with zero attached hydrogens (tertiary/aromatic N) is 1. The normalized spacial score (nSPS) is 34.7. The van der Waals surface area contributed by atoms with Crippen LogP contribution in [-0.2, 0) is 11.8 Å². The monoisotopic (exact) mass is 312 g/mol. The molecule has 1 amide bonds. The van der Waals surface area contributed by atoms with Crippen LogP contribution in [0.5, 0.6) is 0 Å². The quantitative estimate of drug-likeness (QED) is 0.932. The van der Waals surface area contributed by atoms with Crippen LogP contribution in [0, 0.1) is 11.8 Å². The molecule has 1 saturated carbocycles. The highest BCUT2D eigenvalue weighted by atomic mass is 16.1. The van der Waals surface area contributed by atoms with Gasteiger partial charge in [-0.25, -0.2) is 0 Å². The molecule has 3 nitrogen and oxygen atoms in total. The number of nitrogens with two attached hydrogens (primary N) is 1. The van der Waals surface area contributed by atoms with Crippen molar-refractivity contribution in [1.29, 1.82) is 0 Å². The van der Waals surface area contributed by atoms with Crippen molar-refractivity contribution in [3.63, 3.8) is 0 Å². The second kappa shape index (κ2) is 5.07. The Hall–Kier alpha value is -1.35. The van der Waals surface area contributed by atoms with Gasteiger partial charge in [0, 0.05) is 17.6 Å². The molecule has 3 heteroatoms. The number of likely N-dealkylation sites (tertiary alicyclic amines) is 1. The lowest BCUT2D eigenvalue weighted by atomic mass is 9.58. The number of rotatable bonds is 3. The van der Waals surface area contributed by atoms with Crippen LogP contribution in [0.4, 0.5) is 0 Å². The van der Waals surface area contributed by atoms with E-state index in [1.54, 1.807) is 0 Å². The highest BCUT2D eigenvalue weighted by Gasteiger charge is 2.50. The van der Waals surface area contributed by atoms with Crippen molar-refractivity contribution < 1.29 is 4.79 Å². The van der Waals surface area contributed by atoms with Crippen molar-refractivity contribution in [1.82, 2.24) is 4.90 Å². The standard InChI is InChI=1S/C20H28N2O/c1-12-18-11-15-6-7-16(19(21)23)10-17(15)20(12,3)8-9-22(18)13(2)14-4-5-14/h6-7,10,12-14,18H,4-5,8-9,11H2,1-3H3,(H2,21,23)/t12?,13-,18+,20?/m0/s1. The molecular formula is C20H28N2O. The van der Waals surface area contributed by atoms with E-state index >= 15 is 0 Å². The predicted octanol–water partition coefficient (Wildman–Crippen LogP) is 3.11. The molecule has 3 aliphatic rings. The minimum Gasteiger partial charge on any atom is -0.366 e. The highest BCUT2D eigenvalue weighted by Crippen LogP contribution is 2.50. The third kappa shape index (κ3) is 2.24. The Labute approximate surface area is 139 Å². The van der Waals surface area contributed by atoms with Gasteiger partial charge in [-0.15, -0.1) is 0 Å². The van der Waals surface area contributed by atoms with Gasteiger partial charge in [0.15, 0.2) is 0 Å². The number of fused-ring (bicyclic) bond motifs is 4. The molecule has 23 heavy (non-hydrogen) atoms. The van der Waals surface area contributed by atoms with Gasteiger partial charge in [0.1, 0.15) is 0 Å². The maximum atomic E-state index is 11.6. The largest absolute Gasteiger partial charge is 0.366 e. The van der Waals surface area contributed by atoms with E-state index in [1.165, 1.54) is 36.9 Å². The first-order valence-electron chi connectivity index (χ1n) is 9.11. The van der Waals surface area contributed by atoms with Crippen molar-refractivity contribution in [3.05, 3.63) is 34.9 Å². The Balaban J connectivity index is 1.73. The molecule has 2 N–H and O–H groups in total. The van der Waals surface area contributed by atoms with Gasteiger partial charge in [-0.2, -0.15) is 0 Å². The topological polar surface area (TPSA) is 46.3 Å². The van der Waals surface area contributed by atoms with Crippen LogP contribution in [0.25, 0.3) is 0 Å². The third-order valence-electron chi connectivity index (χ3n) is 7.16. The van der Waals surface area contributed by atoms with Gasteiger partial charge in [0.25, 0.3) is 0 Å². The summed E-state index contributed by atoms with van der Waals surface area (Å²) in [5.74, 6) is 1.23. The average molecular weight is 312 g/mol. The molecule has 1 saturated heterocycles. The lowest BCUT2D eigenvalue weighted by molar-refractivity contribution is 0.000499. The summed E-state index contributed by atoms with van der Waals surface area (Å²) >= 11 is 0. The van der Waals surface area contributed by atoms with Gasteiger partial charge in [-0.3, -0.25) is 9.69 Å². The summed E-state index contributed by atoms with van der Waals surface area (Å²) in [6.07, 6.45) is 5.11. The molecule has 124 valence electrons. The molecule has 0 aromatic heterocycles. The zero-order chi connectivity index (χ0) is 16.4. The lowest BCUT2D eigenvalue weighted by Gasteiger charge is -2.56. The molecule has 4 rings (SSSR count). The maximum absolute atomic E-state index is 11.6. The van der Waals surface area contributed by atoms with Crippen molar-refractivity contribution in [3.8, 4) is 0 Å². The molecule has 0 spiro atoms. The van der Waals surface area contributed by atoms with Crippen LogP contribution < -0.4 is 5.73 Å². The van der Waals surface area contributed by atoms with Gasteiger partial charge in [-0.05, 0) is 79.7 Å². The second-order valence-electron chi connectivity index (χ2n) is 8.28. The lowest BCUT2D eigenvalue weighted by Crippen LogP contribution is -2.60. The van der Waals surface area contributed by atoms with E-state index in [-0.39, 0.29) is 11.3 Å². The van der Waals surface area contributed by atoms with Gasteiger partial charge in [0.2, 0.25) is 5.91 Å². The first kappa shape index (κ1) is 15.2. The van der Waals surface area contributed by atoms with E-state index in [0.29, 0.717) is 17.5 Å². The Morgan fingerprint density at radius 1 is 1.39 bits per heavy atom. The number of amides is 1. The van der Waals surface area contributed by atoms with Crippen molar-refractivity contribution >= 4 is 5.91 Å². The van der Waals surface area contributed by atoms with Crippen molar-refractivity contribution in [2.24, 2.45) is 17.6 Å². The van der Waals surface area contributed by atoms with E-state index in [1.807, 2.05) is 6.07 Å². The molecule has 2 fully saturated rings. The highest BCUT2D eigenvalue weighted by molar-refractivity contribution is 5.93. The number of piperidine rings is 1. The van der Waals surface area contributed by atoms with Crippen LogP contribution in [0.1, 0.15) is 61.5 Å². The molecule has 1 aliphatic heterocycles. The first-order chi connectivity index (χ1) is 10.9. The summed E-state index contributed by atoms with van der Waals surface area (Å²) in [4.78, 5) is 14.4. The molecule has 2 aliphatic carbocycles. The van der Waals surface area contributed by atoms with E-state index < -0.39 is 0 Å². The number of carbonyl (C=O) groups is 1. The molecule has 1 aromatic carbocycles. The molecular weight excluding hydrogens is 284 g/mol. The summed E-state index contributed by atoms with van der Waals surface area (Å²) in [5, 5.41) is 0. The summed E-state index contributed by atoms with van der Waals surface area (Å²) in [6.45, 7) is 8.42. The van der Waals surface area contributed by atoms with E-state index in [9.17, 15) is 4.79 Å². The SMILES string of the molecule is CC1[C@H]2Cc3ccc(C(N)=O)cc3C1(C)CCN2[C@@H](C)C1CC1. The van der Waals surface area contributed by atoms with Crippen molar-refractivity contribution in [2.45, 2.75) is 64.0 Å². The Bertz CT molecular complexity index is 651. The number of primary amides is 1. The maximum Gasteiger partial charge on any atom is 0.248 e. The molecule has 2 bridgehead atoms. The first-order valence-corrected chi connectivity index (χ1v) is 9.11. The van der Waals surface area contributed by atoms with E-state index in [0.717, 1.165) is 18.4 Å². The fourth-order valence-corrected chi connectivity index (χ4v) is 5.16. The molecule has 0 radical (unpaired) electrons. The number of carbonyl (C=O) groups excluding carboxylic acids is 1. The number of benzene rings is 1. The Morgan fingerprint density at radius 3 is 2.78 bits per heavy atom. The molecule has 4 atom stereocenters. The zero-order valence-corrected chi connectivity index (χ0v) is 14.5. The van der Waals surface area contributed by atoms with E-state index in [2.05, 4.69) is 37.8 Å². The summed E-state index contributed by atoms with van der Waals surface area (Å²) in [6, 6.07) is 7.49. The van der Waals surface area contributed by atoms with Gasteiger partial charge >= 0.3 is 0 Å². The fourth-order valence-electron chi connectivity index (χ4n) is 5.16.